The fourth-order valence-electron chi connectivity index (χ4n) is 0.447. The fourth-order valence-corrected chi connectivity index (χ4v) is 0.447. The average molecular weight is 323 g/mol. The maximum absolute atomic E-state index is 3.97. The quantitative estimate of drug-likeness (QED) is 0.712. The summed E-state index contributed by atoms with van der Waals surface area (Å²) in [6, 6.07) is 0. The molecule has 0 N–H and O–H groups in total. The monoisotopic (exact) mass is 324 g/mol. The van der Waals surface area contributed by atoms with Crippen molar-refractivity contribution in [3.63, 3.8) is 0 Å². The predicted octanol–water partition coefficient (Wildman–Crippen LogP) is 2.80. The van der Waals surface area contributed by atoms with Crippen LogP contribution in [0.3, 0.4) is 0 Å². The van der Waals surface area contributed by atoms with Crippen LogP contribution in [0, 0.1) is 0 Å². The second-order valence-corrected chi connectivity index (χ2v) is 1.71. The summed E-state index contributed by atoms with van der Waals surface area (Å²) in [6.07, 6.45) is 0. The first-order valence-electron chi connectivity index (χ1n) is 4.09. The normalized spacial score (nSPS) is 7.64. The van der Waals surface area contributed by atoms with Crippen LogP contribution in [-0.4, -0.2) is 26.2 Å². The van der Waals surface area contributed by atoms with Crippen molar-refractivity contribution in [2.45, 2.75) is 27.7 Å². The van der Waals surface area contributed by atoms with Crippen molar-refractivity contribution in [3.05, 3.63) is 10.6 Å². The Morgan fingerprint density at radius 2 is 0.818 bits per heavy atom. The second-order valence-electron chi connectivity index (χ2n) is 1.71. The van der Waals surface area contributed by atoms with E-state index in [0.717, 1.165) is 26.2 Å². The molecule has 11 heavy (non-hydrogen) atoms. The summed E-state index contributed by atoms with van der Waals surface area (Å²) in [4.78, 5) is 0. The largest absolute Gasteiger partial charge is 0.663 e. The fraction of sp³-hybridized carbons (Fsp3) is 1.00. The van der Waals surface area contributed by atoms with E-state index >= 15 is 0 Å². The molecule has 0 aromatic heterocycles. The van der Waals surface area contributed by atoms with Crippen molar-refractivity contribution in [2.75, 3.05) is 26.2 Å². The maximum Gasteiger partial charge on any atom is 0 e. The second kappa shape index (κ2) is 22.4. The zero-order chi connectivity index (χ0) is 8.24. The molecule has 2 nitrogen and oxygen atoms in total. The molecule has 0 amide bonds. The van der Waals surface area contributed by atoms with Gasteiger partial charge in [-0.05, 0) is 0 Å². The topological polar surface area (TPSA) is 28.2 Å². The van der Waals surface area contributed by atoms with Gasteiger partial charge in [-0.25, -0.2) is 0 Å². The van der Waals surface area contributed by atoms with Crippen molar-refractivity contribution in [1.82, 2.24) is 0 Å². The molecule has 68 valence electrons. The molecule has 0 unspecified atom stereocenters. The van der Waals surface area contributed by atoms with Crippen molar-refractivity contribution >= 4 is 0 Å². The van der Waals surface area contributed by atoms with E-state index in [4.69, 9.17) is 0 Å². The molecule has 0 fully saturated rings. The molecule has 0 bridgehead atoms. The van der Waals surface area contributed by atoms with E-state index in [2.05, 4.69) is 10.6 Å². The average Bonchev–Trinajstić information content (AvgIpc) is 1.93. The Kier molecular flexibility index (Phi) is 36.2. The van der Waals surface area contributed by atoms with Gasteiger partial charge in [-0.15, -0.1) is 0 Å². The number of nitrogens with zero attached hydrogens (tertiary/aromatic N) is 2. The molecular weight excluding hydrogens is 303 g/mol. The van der Waals surface area contributed by atoms with Gasteiger partial charge in [0.25, 0.3) is 0 Å². The summed E-state index contributed by atoms with van der Waals surface area (Å²) in [5.74, 6) is 0. The maximum atomic E-state index is 3.97. The van der Waals surface area contributed by atoms with Crippen molar-refractivity contribution in [1.29, 1.82) is 0 Å². The summed E-state index contributed by atoms with van der Waals surface area (Å²) in [5.41, 5.74) is 0. The molecule has 0 aromatic carbocycles. The third-order valence-corrected chi connectivity index (χ3v) is 0.894. The van der Waals surface area contributed by atoms with Gasteiger partial charge < -0.3 is 10.6 Å². The van der Waals surface area contributed by atoms with Gasteiger partial charge in [-0.1, -0.05) is 27.7 Å². The van der Waals surface area contributed by atoms with Gasteiger partial charge in [0.1, 0.15) is 0 Å². The Balaban J connectivity index is -0.000000107. The van der Waals surface area contributed by atoms with Gasteiger partial charge in [-0.3, -0.25) is 0 Å². The molecule has 0 atom stereocenters. The third-order valence-electron chi connectivity index (χ3n) is 0.894. The molecule has 0 aliphatic rings. The van der Waals surface area contributed by atoms with Gasteiger partial charge >= 0.3 is 0 Å². The smallest absolute Gasteiger partial charge is 0 e. The van der Waals surface area contributed by atoms with Crippen LogP contribution in [0.1, 0.15) is 27.7 Å². The van der Waals surface area contributed by atoms with Crippen LogP contribution in [0.5, 0.6) is 0 Å². The van der Waals surface area contributed by atoms with Gasteiger partial charge in [0, 0.05) is 25.8 Å². The molecule has 0 aliphatic carbocycles. The first kappa shape index (κ1) is 17.8. The van der Waals surface area contributed by atoms with E-state index < -0.39 is 0 Å². The van der Waals surface area contributed by atoms with Crippen LogP contribution >= 0.6 is 0 Å². The van der Waals surface area contributed by atoms with E-state index in [0.29, 0.717) is 0 Å². The van der Waals surface area contributed by atoms with E-state index in [-0.39, 0.29) is 25.8 Å². The van der Waals surface area contributed by atoms with Gasteiger partial charge in [0.2, 0.25) is 0 Å². The molecule has 0 aliphatic heterocycles. The first-order valence-corrected chi connectivity index (χ1v) is 4.09. The summed E-state index contributed by atoms with van der Waals surface area (Å²) >= 11 is 0. The standard InChI is InChI=1S/2C4H10N.Hf/c2*1-3-5-4-2;/h2*3-4H2,1-2H3;/q2*-1;. The minimum atomic E-state index is 0. The Morgan fingerprint density at radius 3 is 0.818 bits per heavy atom. The number of rotatable bonds is 4. The SMILES string of the molecule is CC[N-]CC.CC[N-]CC.[Hf]. The predicted molar refractivity (Wildman–Crippen MR) is 48.9 cm³/mol. The molecule has 0 rings (SSSR count). The number of hydrogen-bond acceptors (Lipinski definition) is 0. The Labute approximate surface area is 90.3 Å². The van der Waals surface area contributed by atoms with E-state index in [1.54, 1.807) is 0 Å². The van der Waals surface area contributed by atoms with E-state index in [9.17, 15) is 0 Å². The van der Waals surface area contributed by atoms with Crippen LogP contribution in [0.2, 0.25) is 0 Å². The van der Waals surface area contributed by atoms with E-state index in [1.807, 2.05) is 27.7 Å². The minimum absolute atomic E-state index is 0. The summed E-state index contributed by atoms with van der Waals surface area (Å²) < 4.78 is 0. The Morgan fingerprint density at radius 1 is 0.636 bits per heavy atom. The van der Waals surface area contributed by atoms with Crippen molar-refractivity contribution in [3.8, 4) is 0 Å². The van der Waals surface area contributed by atoms with Crippen LogP contribution in [0.4, 0.5) is 0 Å². The van der Waals surface area contributed by atoms with Crippen molar-refractivity contribution < 1.29 is 25.8 Å². The molecule has 0 radical (unpaired) electrons. The van der Waals surface area contributed by atoms with Gasteiger partial charge in [-0.2, -0.15) is 26.2 Å². The molecule has 0 spiro atoms. The van der Waals surface area contributed by atoms with E-state index in [1.165, 1.54) is 0 Å². The summed E-state index contributed by atoms with van der Waals surface area (Å²) in [5, 5.41) is 7.94. The van der Waals surface area contributed by atoms with Crippen molar-refractivity contribution in [2.24, 2.45) is 0 Å². The van der Waals surface area contributed by atoms with Crippen LogP contribution in [-0.2, 0) is 25.8 Å². The molecule has 0 saturated carbocycles. The summed E-state index contributed by atoms with van der Waals surface area (Å²) in [6.45, 7) is 12.1. The minimum Gasteiger partial charge on any atom is -0.663 e. The Hall–Kier alpha value is 0.790. The number of hydrogen-bond donors (Lipinski definition) is 0. The van der Waals surface area contributed by atoms with Crippen LogP contribution in [0.25, 0.3) is 10.6 Å². The zero-order valence-electron chi connectivity index (χ0n) is 8.22. The summed E-state index contributed by atoms with van der Waals surface area (Å²) in [7, 11) is 0. The molecule has 0 aromatic rings. The molecule has 0 heterocycles. The van der Waals surface area contributed by atoms with Crippen LogP contribution < -0.4 is 0 Å². The molecule has 0 saturated heterocycles. The zero-order valence-corrected chi connectivity index (χ0v) is 11.8. The van der Waals surface area contributed by atoms with Gasteiger partial charge in [0.15, 0.2) is 0 Å². The third kappa shape index (κ3) is 36.3. The molecule has 3 heteroatoms. The van der Waals surface area contributed by atoms with Gasteiger partial charge in [0.05, 0.1) is 0 Å². The van der Waals surface area contributed by atoms with Crippen LogP contribution in [0.15, 0.2) is 0 Å². The first-order chi connectivity index (χ1) is 4.83. The molecular formula is C8H20HfN2-2. The Bertz CT molecular complexity index is 33.1.